The maximum atomic E-state index is 6.11. The molecule has 2 rings (SSSR count). The number of nitrogens with two attached hydrogens (primary N) is 1. The Hall–Kier alpha value is -0.570. The molecule has 0 heterocycles. The molecule has 0 saturated heterocycles. The number of halogens is 1. The fourth-order valence-corrected chi connectivity index (χ4v) is 2.36. The van der Waals surface area contributed by atoms with Gasteiger partial charge in [-0.05, 0) is 18.2 Å². The van der Waals surface area contributed by atoms with Gasteiger partial charge in [-0.1, -0.05) is 29.8 Å². The number of benzene rings is 1. The first-order chi connectivity index (χ1) is 6.79. The first-order valence-corrected chi connectivity index (χ1v) is 5.14. The van der Waals surface area contributed by atoms with Crippen molar-refractivity contribution in [3.05, 3.63) is 34.9 Å². The van der Waals surface area contributed by atoms with E-state index in [0.717, 1.165) is 10.6 Å². The molecule has 1 aliphatic rings. The van der Waals surface area contributed by atoms with E-state index in [2.05, 4.69) is 6.07 Å². The minimum absolute atomic E-state index is 0.250. The summed E-state index contributed by atoms with van der Waals surface area (Å²) in [7, 11) is 1.73. The quantitative estimate of drug-likeness (QED) is 0.831. The lowest BCUT2D eigenvalue weighted by Gasteiger charge is -2.01. The summed E-state index contributed by atoms with van der Waals surface area (Å²) < 4.78 is 5.35. The summed E-state index contributed by atoms with van der Waals surface area (Å²) in [6.45, 7) is 0.661. The van der Waals surface area contributed by atoms with Crippen LogP contribution in [0.2, 0.25) is 5.02 Å². The van der Waals surface area contributed by atoms with E-state index in [1.165, 1.54) is 0 Å². The molecule has 3 atom stereocenters. The minimum atomic E-state index is 0.250. The largest absolute Gasteiger partial charge is 0.380 e. The predicted molar refractivity (Wildman–Crippen MR) is 57.5 cm³/mol. The maximum absolute atomic E-state index is 6.11. The van der Waals surface area contributed by atoms with E-state index < -0.39 is 0 Å². The van der Waals surface area contributed by atoms with Crippen LogP contribution in [0.15, 0.2) is 24.3 Å². The van der Waals surface area contributed by atoms with Crippen molar-refractivity contribution in [2.24, 2.45) is 11.7 Å². The van der Waals surface area contributed by atoms with Gasteiger partial charge in [-0.25, -0.2) is 0 Å². The van der Waals surface area contributed by atoms with Crippen molar-refractivity contribution in [1.82, 2.24) is 0 Å². The highest BCUT2D eigenvalue weighted by atomic mass is 35.5. The van der Waals surface area contributed by atoms with Gasteiger partial charge in [0.2, 0.25) is 0 Å². The smallest absolute Gasteiger partial charge is 0.0691 e. The fraction of sp³-hybridized carbons (Fsp3) is 0.455. The lowest BCUT2D eigenvalue weighted by atomic mass is 10.1. The zero-order valence-corrected chi connectivity index (χ0v) is 8.87. The van der Waals surface area contributed by atoms with Crippen LogP contribution in [-0.4, -0.2) is 19.8 Å². The standard InChI is InChI=1S/C11H14ClNO/c1-14-11-8(6-13)10(11)7-4-2-3-5-9(7)12/h2-5,8,10-11H,6,13H2,1H3. The molecule has 0 aliphatic heterocycles. The lowest BCUT2D eigenvalue weighted by molar-refractivity contribution is 0.167. The number of hydrogen-bond acceptors (Lipinski definition) is 2. The molecule has 3 unspecified atom stereocenters. The van der Waals surface area contributed by atoms with Crippen LogP contribution >= 0.6 is 11.6 Å². The van der Waals surface area contributed by atoms with Crippen LogP contribution in [0.3, 0.4) is 0 Å². The molecule has 0 bridgehead atoms. The van der Waals surface area contributed by atoms with Crippen LogP contribution in [0.5, 0.6) is 0 Å². The van der Waals surface area contributed by atoms with Crippen molar-refractivity contribution in [1.29, 1.82) is 0 Å². The maximum Gasteiger partial charge on any atom is 0.0691 e. The molecule has 1 aliphatic carbocycles. The lowest BCUT2D eigenvalue weighted by Crippen LogP contribution is -2.05. The Balaban J connectivity index is 2.21. The summed E-state index contributed by atoms with van der Waals surface area (Å²) in [5, 5.41) is 0.815. The molecule has 2 nitrogen and oxygen atoms in total. The molecule has 1 saturated carbocycles. The van der Waals surface area contributed by atoms with E-state index in [1.807, 2.05) is 18.2 Å². The van der Waals surface area contributed by atoms with Gasteiger partial charge >= 0.3 is 0 Å². The summed E-state index contributed by atoms with van der Waals surface area (Å²) in [6.07, 6.45) is 0.250. The van der Waals surface area contributed by atoms with Crippen molar-refractivity contribution in [2.75, 3.05) is 13.7 Å². The average molecular weight is 212 g/mol. The topological polar surface area (TPSA) is 35.2 Å². The second kappa shape index (κ2) is 3.89. The molecule has 14 heavy (non-hydrogen) atoms. The van der Waals surface area contributed by atoms with E-state index >= 15 is 0 Å². The first-order valence-electron chi connectivity index (χ1n) is 4.77. The van der Waals surface area contributed by atoms with Gasteiger partial charge in [-0.3, -0.25) is 0 Å². The molecule has 3 heteroatoms. The Morgan fingerprint density at radius 3 is 2.64 bits per heavy atom. The Morgan fingerprint density at radius 1 is 1.43 bits per heavy atom. The van der Waals surface area contributed by atoms with Crippen LogP contribution in [0.25, 0.3) is 0 Å². The zero-order valence-electron chi connectivity index (χ0n) is 8.11. The summed E-state index contributed by atoms with van der Waals surface area (Å²) in [5.41, 5.74) is 6.82. The highest BCUT2D eigenvalue weighted by Crippen LogP contribution is 2.50. The Bertz CT molecular complexity index is 319. The van der Waals surface area contributed by atoms with Crippen molar-refractivity contribution < 1.29 is 4.74 Å². The van der Waals surface area contributed by atoms with Gasteiger partial charge in [-0.2, -0.15) is 0 Å². The third kappa shape index (κ3) is 1.54. The molecule has 76 valence electrons. The highest BCUT2D eigenvalue weighted by Gasteiger charge is 2.51. The fourth-order valence-electron chi connectivity index (χ4n) is 2.10. The van der Waals surface area contributed by atoms with E-state index in [0.29, 0.717) is 18.4 Å². The average Bonchev–Trinajstić information content (AvgIpc) is 2.91. The predicted octanol–water partition coefficient (Wildman–Crippen LogP) is 2.03. The third-order valence-corrected chi connectivity index (χ3v) is 3.25. The summed E-state index contributed by atoms with van der Waals surface area (Å²) >= 11 is 6.11. The zero-order chi connectivity index (χ0) is 10.1. The van der Waals surface area contributed by atoms with Gasteiger partial charge in [0, 0.05) is 24.0 Å². The van der Waals surface area contributed by atoms with Gasteiger partial charge in [0.15, 0.2) is 0 Å². The Morgan fingerprint density at radius 2 is 2.14 bits per heavy atom. The molecule has 0 aromatic heterocycles. The second-order valence-corrected chi connectivity index (χ2v) is 4.05. The molecule has 2 N–H and O–H groups in total. The number of rotatable bonds is 3. The van der Waals surface area contributed by atoms with E-state index in [4.69, 9.17) is 22.1 Å². The van der Waals surface area contributed by atoms with Crippen molar-refractivity contribution >= 4 is 11.6 Å². The minimum Gasteiger partial charge on any atom is -0.380 e. The SMILES string of the molecule is COC1C(CN)C1c1ccccc1Cl. The third-order valence-electron chi connectivity index (χ3n) is 2.90. The van der Waals surface area contributed by atoms with Gasteiger partial charge in [-0.15, -0.1) is 0 Å². The van der Waals surface area contributed by atoms with Gasteiger partial charge in [0.1, 0.15) is 0 Å². The van der Waals surface area contributed by atoms with Gasteiger partial charge in [0.25, 0.3) is 0 Å². The normalized spacial score (nSPS) is 30.4. The number of ether oxygens (including phenoxy) is 1. The van der Waals surface area contributed by atoms with Gasteiger partial charge in [0.05, 0.1) is 6.10 Å². The van der Waals surface area contributed by atoms with Crippen molar-refractivity contribution in [3.63, 3.8) is 0 Å². The van der Waals surface area contributed by atoms with Crippen LogP contribution < -0.4 is 5.73 Å². The van der Waals surface area contributed by atoms with Gasteiger partial charge < -0.3 is 10.5 Å². The summed E-state index contributed by atoms with van der Waals surface area (Å²) in [6, 6.07) is 7.90. The van der Waals surface area contributed by atoms with E-state index in [9.17, 15) is 0 Å². The van der Waals surface area contributed by atoms with Crippen molar-refractivity contribution in [3.8, 4) is 0 Å². The number of methoxy groups -OCH3 is 1. The number of hydrogen-bond donors (Lipinski definition) is 1. The molecule has 0 spiro atoms. The summed E-state index contributed by atoms with van der Waals surface area (Å²) in [4.78, 5) is 0. The molecular weight excluding hydrogens is 198 g/mol. The van der Waals surface area contributed by atoms with Crippen LogP contribution in [-0.2, 0) is 4.74 Å². The first kappa shape index (κ1) is 9.97. The molecular formula is C11H14ClNO. The second-order valence-electron chi connectivity index (χ2n) is 3.65. The molecule has 0 amide bonds. The highest BCUT2D eigenvalue weighted by molar-refractivity contribution is 6.31. The van der Waals surface area contributed by atoms with Crippen LogP contribution in [0.1, 0.15) is 11.5 Å². The summed E-state index contributed by atoms with van der Waals surface area (Å²) in [5.74, 6) is 0.818. The van der Waals surface area contributed by atoms with E-state index in [-0.39, 0.29) is 6.10 Å². The Labute approximate surface area is 89.0 Å². The Kier molecular flexibility index (Phi) is 2.77. The van der Waals surface area contributed by atoms with Crippen molar-refractivity contribution in [2.45, 2.75) is 12.0 Å². The van der Waals surface area contributed by atoms with Crippen LogP contribution in [0.4, 0.5) is 0 Å². The molecule has 1 aromatic rings. The monoisotopic (exact) mass is 211 g/mol. The molecule has 0 radical (unpaired) electrons. The molecule has 1 aromatic carbocycles. The van der Waals surface area contributed by atoms with E-state index in [1.54, 1.807) is 7.11 Å². The van der Waals surface area contributed by atoms with Crippen LogP contribution in [0, 0.1) is 5.92 Å². The molecule has 1 fully saturated rings.